The summed E-state index contributed by atoms with van der Waals surface area (Å²) in [6.07, 6.45) is 0. The van der Waals surface area contributed by atoms with E-state index in [1.807, 2.05) is 32.9 Å². The SMILES string of the molecule is Cc1cc(=O)n(CC(C)N)c2c(C)cccc12. The average Bonchev–Trinajstić information content (AvgIpc) is 2.24. The van der Waals surface area contributed by atoms with Crippen molar-refractivity contribution < 1.29 is 0 Å². The number of benzene rings is 1. The van der Waals surface area contributed by atoms with E-state index in [9.17, 15) is 4.79 Å². The number of para-hydroxylation sites is 1. The van der Waals surface area contributed by atoms with Crippen LogP contribution in [0.15, 0.2) is 29.1 Å². The van der Waals surface area contributed by atoms with Crippen molar-refractivity contribution in [2.75, 3.05) is 0 Å². The van der Waals surface area contributed by atoms with Gasteiger partial charge in [0.15, 0.2) is 0 Å². The number of hydrogen-bond acceptors (Lipinski definition) is 2. The molecule has 0 amide bonds. The van der Waals surface area contributed by atoms with Gasteiger partial charge in [-0.05, 0) is 31.9 Å². The van der Waals surface area contributed by atoms with Gasteiger partial charge in [-0.2, -0.15) is 0 Å². The Bertz CT molecular complexity index is 611. The molecule has 1 aromatic carbocycles. The molecule has 2 aromatic rings. The van der Waals surface area contributed by atoms with Crippen LogP contribution in [0.2, 0.25) is 0 Å². The largest absolute Gasteiger partial charge is 0.326 e. The third kappa shape index (κ3) is 2.11. The van der Waals surface area contributed by atoms with Crippen LogP contribution < -0.4 is 11.3 Å². The van der Waals surface area contributed by atoms with Gasteiger partial charge in [0.25, 0.3) is 5.56 Å². The molecule has 2 rings (SSSR count). The van der Waals surface area contributed by atoms with Crippen molar-refractivity contribution in [3.05, 3.63) is 45.7 Å². The van der Waals surface area contributed by atoms with Gasteiger partial charge in [0.1, 0.15) is 0 Å². The molecule has 1 unspecified atom stereocenters. The van der Waals surface area contributed by atoms with E-state index in [1.165, 1.54) is 0 Å². The number of pyridine rings is 1. The first-order chi connectivity index (χ1) is 8.00. The summed E-state index contributed by atoms with van der Waals surface area (Å²) in [5.41, 5.74) is 8.99. The first kappa shape index (κ1) is 11.9. The fraction of sp³-hybridized carbons (Fsp3) is 0.357. The Labute approximate surface area is 101 Å². The van der Waals surface area contributed by atoms with Gasteiger partial charge in [-0.1, -0.05) is 18.2 Å². The smallest absolute Gasteiger partial charge is 0.251 e. The standard InChI is InChI=1S/C14H18N2O/c1-9-5-4-6-12-10(2)7-13(17)16(14(9)12)8-11(3)15/h4-7,11H,8,15H2,1-3H3. The number of aryl methyl sites for hydroxylation is 2. The Kier molecular flexibility index (Phi) is 3.03. The molecular weight excluding hydrogens is 212 g/mol. The maximum absolute atomic E-state index is 12.0. The molecule has 3 heteroatoms. The van der Waals surface area contributed by atoms with E-state index in [0.717, 1.165) is 22.0 Å². The minimum absolute atomic E-state index is 0.0293. The number of nitrogens with zero attached hydrogens (tertiary/aromatic N) is 1. The van der Waals surface area contributed by atoms with Crippen molar-refractivity contribution >= 4 is 10.9 Å². The van der Waals surface area contributed by atoms with Crippen LogP contribution in [0, 0.1) is 13.8 Å². The molecule has 0 fully saturated rings. The maximum Gasteiger partial charge on any atom is 0.251 e. The van der Waals surface area contributed by atoms with Crippen LogP contribution in [0.25, 0.3) is 10.9 Å². The molecular formula is C14H18N2O. The third-order valence-electron chi connectivity index (χ3n) is 3.01. The van der Waals surface area contributed by atoms with Crippen molar-refractivity contribution in [1.29, 1.82) is 0 Å². The number of rotatable bonds is 2. The topological polar surface area (TPSA) is 48.0 Å². The predicted octanol–water partition coefficient (Wildman–Crippen LogP) is 1.97. The summed E-state index contributed by atoms with van der Waals surface area (Å²) in [5, 5.41) is 1.13. The second kappa shape index (κ2) is 4.34. The van der Waals surface area contributed by atoms with Gasteiger partial charge >= 0.3 is 0 Å². The van der Waals surface area contributed by atoms with Crippen LogP contribution in [0.5, 0.6) is 0 Å². The van der Waals surface area contributed by atoms with Crippen LogP contribution in [0.1, 0.15) is 18.1 Å². The number of fused-ring (bicyclic) bond motifs is 1. The zero-order valence-corrected chi connectivity index (χ0v) is 10.5. The number of hydrogen-bond donors (Lipinski definition) is 1. The molecule has 1 heterocycles. The van der Waals surface area contributed by atoms with Gasteiger partial charge in [-0.25, -0.2) is 0 Å². The lowest BCUT2D eigenvalue weighted by Gasteiger charge is -2.15. The summed E-state index contributed by atoms with van der Waals surface area (Å²) in [7, 11) is 0. The highest BCUT2D eigenvalue weighted by Gasteiger charge is 2.09. The summed E-state index contributed by atoms with van der Waals surface area (Å²) >= 11 is 0. The fourth-order valence-electron chi connectivity index (χ4n) is 2.26. The lowest BCUT2D eigenvalue weighted by molar-refractivity contribution is 0.589. The summed E-state index contributed by atoms with van der Waals surface area (Å²) in [6.45, 7) is 6.47. The third-order valence-corrected chi connectivity index (χ3v) is 3.01. The molecule has 0 saturated carbocycles. The van der Waals surface area contributed by atoms with Gasteiger partial charge in [0, 0.05) is 24.0 Å². The molecule has 1 aromatic heterocycles. The van der Waals surface area contributed by atoms with Crippen molar-refractivity contribution in [3.8, 4) is 0 Å². The van der Waals surface area contributed by atoms with Gasteiger partial charge in [-0.15, -0.1) is 0 Å². The molecule has 0 aliphatic carbocycles. The Morgan fingerprint density at radius 2 is 2.00 bits per heavy atom. The van der Waals surface area contributed by atoms with Crippen molar-refractivity contribution in [3.63, 3.8) is 0 Å². The molecule has 0 bridgehead atoms. The minimum Gasteiger partial charge on any atom is -0.326 e. The summed E-state index contributed by atoms with van der Waals surface area (Å²) in [6, 6.07) is 7.75. The van der Waals surface area contributed by atoms with E-state index in [-0.39, 0.29) is 11.6 Å². The molecule has 0 saturated heterocycles. The van der Waals surface area contributed by atoms with Gasteiger partial charge in [0.05, 0.1) is 5.52 Å². The molecule has 0 aliphatic heterocycles. The van der Waals surface area contributed by atoms with Crippen molar-refractivity contribution in [1.82, 2.24) is 4.57 Å². The fourth-order valence-corrected chi connectivity index (χ4v) is 2.26. The maximum atomic E-state index is 12.0. The molecule has 90 valence electrons. The highest BCUT2D eigenvalue weighted by molar-refractivity contribution is 5.85. The molecule has 0 spiro atoms. The molecule has 2 N–H and O–H groups in total. The number of nitrogens with two attached hydrogens (primary N) is 1. The monoisotopic (exact) mass is 230 g/mol. The van der Waals surface area contributed by atoms with Crippen LogP contribution >= 0.6 is 0 Å². The summed E-state index contributed by atoms with van der Waals surface area (Å²) in [5.74, 6) is 0. The average molecular weight is 230 g/mol. The molecule has 1 atom stereocenters. The Morgan fingerprint density at radius 1 is 1.29 bits per heavy atom. The van der Waals surface area contributed by atoms with E-state index in [1.54, 1.807) is 10.6 Å². The van der Waals surface area contributed by atoms with Crippen LogP contribution in [0.3, 0.4) is 0 Å². The van der Waals surface area contributed by atoms with Crippen LogP contribution in [-0.2, 0) is 6.54 Å². The first-order valence-electron chi connectivity index (χ1n) is 5.86. The lowest BCUT2D eigenvalue weighted by Crippen LogP contribution is -2.30. The normalized spacial score (nSPS) is 12.9. The Morgan fingerprint density at radius 3 is 2.65 bits per heavy atom. The van der Waals surface area contributed by atoms with Gasteiger partial charge in [-0.3, -0.25) is 4.79 Å². The first-order valence-corrected chi connectivity index (χ1v) is 5.86. The van der Waals surface area contributed by atoms with E-state index in [0.29, 0.717) is 6.54 Å². The lowest BCUT2D eigenvalue weighted by atomic mass is 10.1. The highest BCUT2D eigenvalue weighted by Crippen LogP contribution is 2.19. The zero-order chi connectivity index (χ0) is 12.6. The Balaban J connectivity index is 2.86. The van der Waals surface area contributed by atoms with Crippen LogP contribution in [0.4, 0.5) is 0 Å². The molecule has 0 radical (unpaired) electrons. The second-order valence-electron chi connectivity index (χ2n) is 4.72. The van der Waals surface area contributed by atoms with E-state index < -0.39 is 0 Å². The molecule has 3 nitrogen and oxygen atoms in total. The van der Waals surface area contributed by atoms with Gasteiger partial charge < -0.3 is 10.3 Å². The zero-order valence-electron chi connectivity index (χ0n) is 10.5. The van der Waals surface area contributed by atoms with E-state index >= 15 is 0 Å². The minimum atomic E-state index is -0.0294. The summed E-state index contributed by atoms with van der Waals surface area (Å²) < 4.78 is 1.78. The van der Waals surface area contributed by atoms with Crippen LogP contribution in [-0.4, -0.2) is 10.6 Å². The van der Waals surface area contributed by atoms with Crippen molar-refractivity contribution in [2.24, 2.45) is 5.73 Å². The molecule has 17 heavy (non-hydrogen) atoms. The molecule has 0 aliphatic rings. The van der Waals surface area contributed by atoms with E-state index in [4.69, 9.17) is 5.73 Å². The quantitative estimate of drug-likeness (QED) is 0.857. The highest BCUT2D eigenvalue weighted by atomic mass is 16.1. The van der Waals surface area contributed by atoms with Crippen molar-refractivity contribution in [2.45, 2.75) is 33.4 Å². The summed E-state index contributed by atoms with van der Waals surface area (Å²) in [4.78, 5) is 12.0. The number of aromatic nitrogens is 1. The van der Waals surface area contributed by atoms with Gasteiger partial charge in [0.2, 0.25) is 0 Å². The predicted molar refractivity (Wildman–Crippen MR) is 71.3 cm³/mol. The Hall–Kier alpha value is -1.61. The second-order valence-corrected chi connectivity index (χ2v) is 4.72. The van der Waals surface area contributed by atoms with E-state index in [2.05, 4.69) is 6.07 Å².